The third-order valence-corrected chi connectivity index (χ3v) is 11.3. The summed E-state index contributed by atoms with van der Waals surface area (Å²) in [5, 5.41) is 69.2. The van der Waals surface area contributed by atoms with E-state index in [-0.39, 0.29) is 21.8 Å². The number of aromatic hydroxyl groups is 6. The number of furan rings is 1. The molecule has 8 aromatic carbocycles. The van der Waals surface area contributed by atoms with E-state index >= 15 is 0 Å². The minimum atomic E-state index is -0.681. The Labute approximate surface area is 351 Å². The Kier molecular flexibility index (Phi) is 8.12. The summed E-state index contributed by atoms with van der Waals surface area (Å²) in [5.41, 5.74) is 6.40. The number of aromatic nitrogens is 4. The molecule has 0 fully saturated rings. The van der Waals surface area contributed by atoms with Crippen LogP contribution in [0.1, 0.15) is 0 Å². The van der Waals surface area contributed by atoms with E-state index in [1.807, 2.05) is 146 Å². The van der Waals surface area contributed by atoms with Gasteiger partial charge in [-0.05, 0) is 23.3 Å². The van der Waals surface area contributed by atoms with Gasteiger partial charge >= 0.3 is 0 Å². The first-order valence-corrected chi connectivity index (χ1v) is 19.6. The van der Waals surface area contributed by atoms with E-state index in [1.54, 1.807) is 0 Å². The van der Waals surface area contributed by atoms with Crippen LogP contribution in [0.5, 0.6) is 34.5 Å². The number of nitrogens with zero attached hydrogens (tertiary/aromatic N) is 4. The molecule has 0 aliphatic heterocycles. The van der Waals surface area contributed by atoms with Gasteiger partial charge in [-0.3, -0.25) is 0 Å². The number of hydrogen-bond donors (Lipinski definition) is 6. The molecule has 11 aromatic rings. The zero-order valence-electron chi connectivity index (χ0n) is 32.4. The molecule has 3 heterocycles. The molecule has 0 unspecified atom stereocenters. The quantitative estimate of drug-likeness (QED) is 0.0699. The molecule has 0 amide bonds. The van der Waals surface area contributed by atoms with E-state index in [9.17, 15) is 30.6 Å². The maximum absolute atomic E-state index is 11.7. The van der Waals surface area contributed by atoms with Gasteiger partial charge in [0.2, 0.25) is 0 Å². The van der Waals surface area contributed by atoms with E-state index in [2.05, 4.69) is 0 Å². The number of para-hydroxylation sites is 2. The molecule has 0 atom stereocenters. The highest BCUT2D eigenvalue weighted by atomic mass is 16.3. The molecule has 11 heteroatoms. The number of rotatable bonds is 6. The summed E-state index contributed by atoms with van der Waals surface area (Å²) < 4.78 is 7.96. The van der Waals surface area contributed by atoms with Gasteiger partial charge < -0.3 is 39.6 Å². The van der Waals surface area contributed by atoms with Crippen molar-refractivity contribution in [2.45, 2.75) is 0 Å². The number of phenolic OH excluding ortho intramolecular Hbond substituents is 6. The predicted octanol–water partition coefficient (Wildman–Crippen LogP) is 11.4. The van der Waals surface area contributed by atoms with Crippen molar-refractivity contribution >= 4 is 43.7 Å². The Morgan fingerprint density at radius 3 is 1.53 bits per heavy atom. The second-order valence-corrected chi connectivity index (χ2v) is 14.9. The van der Waals surface area contributed by atoms with Gasteiger partial charge in [-0.1, -0.05) is 133 Å². The monoisotopic (exact) mass is 812 g/mol. The number of fused-ring (bicyclic) bond motifs is 6. The van der Waals surface area contributed by atoms with Gasteiger partial charge in [-0.15, -0.1) is 0 Å². The molecule has 11 nitrogen and oxygen atoms in total. The maximum atomic E-state index is 11.7. The van der Waals surface area contributed by atoms with Crippen LogP contribution in [0, 0.1) is 0 Å². The van der Waals surface area contributed by atoms with Crippen molar-refractivity contribution in [1.29, 1.82) is 0 Å². The van der Waals surface area contributed by atoms with Gasteiger partial charge in [-0.25, -0.2) is 15.0 Å². The zero-order valence-corrected chi connectivity index (χ0v) is 32.4. The highest BCUT2D eigenvalue weighted by molar-refractivity contribution is 6.20. The summed E-state index contributed by atoms with van der Waals surface area (Å²) in [4.78, 5) is 14.9. The lowest BCUT2D eigenvalue weighted by Gasteiger charge is -2.19. The van der Waals surface area contributed by atoms with E-state index in [1.165, 1.54) is 4.57 Å². The standard InChI is InChI=1S/C51H32N4O7/c56-37-25-39(58)46(60)42-43-45(38(57)26-40(59)47(43)61)55(44(37)42)36-24-29(30-19-11-20-34-33-17-9-10-21-41(33)62-48(30)34)22-23-32(36)31-16-7-8-18-35(31)51-53-49(27-12-3-1-4-13-27)52-50(54-51)28-14-5-2-6-15-28/h1-26,56-61H. The highest BCUT2D eigenvalue weighted by Crippen LogP contribution is 2.54. The van der Waals surface area contributed by atoms with Crippen LogP contribution in [0.3, 0.4) is 0 Å². The van der Waals surface area contributed by atoms with Gasteiger partial charge in [0.1, 0.15) is 33.7 Å². The fourth-order valence-electron chi connectivity index (χ4n) is 8.48. The third-order valence-electron chi connectivity index (χ3n) is 11.3. The van der Waals surface area contributed by atoms with Crippen molar-refractivity contribution in [2.75, 3.05) is 0 Å². The van der Waals surface area contributed by atoms with Crippen molar-refractivity contribution in [3.05, 3.63) is 158 Å². The largest absolute Gasteiger partial charge is 0.506 e. The van der Waals surface area contributed by atoms with Crippen molar-refractivity contribution in [1.82, 2.24) is 19.5 Å². The molecule has 0 radical (unpaired) electrons. The van der Waals surface area contributed by atoms with Gasteiger partial charge in [0, 0.05) is 50.7 Å². The first kappa shape index (κ1) is 36.3. The Balaban J connectivity index is 1.25. The topological polar surface area (TPSA) is 178 Å². The van der Waals surface area contributed by atoms with Crippen LogP contribution in [-0.4, -0.2) is 50.2 Å². The first-order valence-electron chi connectivity index (χ1n) is 19.6. The van der Waals surface area contributed by atoms with Crippen molar-refractivity contribution in [2.24, 2.45) is 0 Å². The van der Waals surface area contributed by atoms with Crippen LogP contribution in [0.4, 0.5) is 0 Å². The lowest BCUT2D eigenvalue weighted by atomic mass is 9.93. The van der Waals surface area contributed by atoms with Gasteiger partial charge in [-0.2, -0.15) is 0 Å². The summed E-state index contributed by atoms with van der Waals surface area (Å²) >= 11 is 0. The summed E-state index contributed by atoms with van der Waals surface area (Å²) in [7, 11) is 0. The van der Waals surface area contributed by atoms with Crippen LogP contribution < -0.4 is 0 Å². The molecule has 298 valence electrons. The van der Waals surface area contributed by atoms with E-state index in [4.69, 9.17) is 19.4 Å². The number of benzene rings is 8. The second kappa shape index (κ2) is 13.9. The van der Waals surface area contributed by atoms with Crippen LogP contribution in [0.15, 0.2) is 162 Å². The average Bonchev–Trinajstić information content (AvgIpc) is 3.88. The molecule has 11 rings (SSSR count). The molecule has 6 N–H and O–H groups in total. The highest BCUT2D eigenvalue weighted by Gasteiger charge is 2.29. The van der Waals surface area contributed by atoms with E-state index in [0.717, 1.165) is 39.6 Å². The first-order chi connectivity index (χ1) is 30.2. The van der Waals surface area contributed by atoms with Crippen LogP contribution >= 0.6 is 0 Å². The summed E-state index contributed by atoms with van der Waals surface area (Å²) in [6.45, 7) is 0. The molecule has 62 heavy (non-hydrogen) atoms. The van der Waals surface area contributed by atoms with Crippen molar-refractivity contribution < 1.29 is 35.1 Å². The summed E-state index contributed by atoms with van der Waals surface area (Å²) in [6, 6.07) is 48.1. The summed E-state index contributed by atoms with van der Waals surface area (Å²) in [6.07, 6.45) is 0. The van der Waals surface area contributed by atoms with E-state index < -0.39 is 34.5 Å². The smallest absolute Gasteiger partial charge is 0.168 e. The minimum absolute atomic E-state index is 0.0674. The Morgan fingerprint density at radius 2 is 0.903 bits per heavy atom. The second-order valence-electron chi connectivity index (χ2n) is 14.9. The molecule has 0 aliphatic rings. The third kappa shape index (κ3) is 5.56. The lowest BCUT2D eigenvalue weighted by Crippen LogP contribution is -2.03. The maximum Gasteiger partial charge on any atom is 0.168 e. The SMILES string of the molecule is Oc1cc(O)c2c(c1O)c1c(O)c(O)cc(O)c1n2-c1cc(-c2cccc3c2oc2ccccc23)ccc1-c1ccccc1-c1nc(-c2ccccc2)nc(-c2ccccc2)n1. The van der Waals surface area contributed by atoms with Gasteiger partial charge in [0.15, 0.2) is 40.5 Å². The zero-order chi connectivity index (χ0) is 42.2. The van der Waals surface area contributed by atoms with Crippen LogP contribution in [0.25, 0.3) is 106 Å². The fourth-order valence-corrected chi connectivity index (χ4v) is 8.48. The van der Waals surface area contributed by atoms with Crippen molar-refractivity contribution in [3.63, 3.8) is 0 Å². The predicted molar refractivity (Wildman–Crippen MR) is 239 cm³/mol. The molecular weight excluding hydrogens is 781 g/mol. The Morgan fingerprint density at radius 1 is 0.387 bits per heavy atom. The minimum Gasteiger partial charge on any atom is -0.506 e. The molecule has 3 aromatic heterocycles. The Hall–Kier alpha value is -8.83. The molecule has 0 saturated heterocycles. The number of phenols is 6. The molecule has 0 bridgehead atoms. The molecule has 0 saturated carbocycles. The Bertz CT molecular complexity index is 3470. The van der Waals surface area contributed by atoms with Gasteiger partial charge in [0.05, 0.1) is 16.5 Å². The van der Waals surface area contributed by atoms with Crippen molar-refractivity contribution in [3.8, 4) is 96.6 Å². The van der Waals surface area contributed by atoms with Gasteiger partial charge in [0.25, 0.3) is 0 Å². The van der Waals surface area contributed by atoms with Crippen LogP contribution in [-0.2, 0) is 0 Å². The normalized spacial score (nSPS) is 11.6. The average molecular weight is 813 g/mol. The molecule has 0 spiro atoms. The molecular formula is C51H32N4O7. The molecule has 0 aliphatic carbocycles. The lowest BCUT2D eigenvalue weighted by molar-refractivity contribution is 0.400. The number of hydrogen-bond acceptors (Lipinski definition) is 10. The van der Waals surface area contributed by atoms with E-state index in [0.29, 0.717) is 56.6 Å². The fraction of sp³-hybridized carbons (Fsp3) is 0. The van der Waals surface area contributed by atoms with Crippen LogP contribution in [0.2, 0.25) is 0 Å². The summed E-state index contributed by atoms with van der Waals surface area (Å²) in [5.74, 6) is -2.39.